The van der Waals surface area contributed by atoms with Crippen molar-refractivity contribution in [3.8, 4) is 11.5 Å². The second-order valence-corrected chi connectivity index (χ2v) is 9.29. The van der Waals surface area contributed by atoms with Gasteiger partial charge >= 0.3 is 0 Å². The molecule has 0 aromatic heterocycles. The zero-order chi connectivity index (χ0) is 25.2. The number of nitrogens with one attached hydrogen (secondary N) is 2. The third kappa shape index (κ3) is 3.06. The molecule has 2 saturated heterocycles. The van der Waals surface area contributed by atoms with Gasteiger partial charge in [-0.3, -0.25) is 19.7 Å². The predicted octanol–water partition coefficient (Wildman–Crippen LogP) is 2.71. The molecule has 3 aliphatic heterocycles. The van der Waals surface area contributed by atoms with Crippen LogP contribution >= 0.6 is 0 Å². The maximum absolute atomic E-state index is 14.4. The van der Waals surface area contributed by atoms with Crippen LogP contribution < -0.4 is 20.3 Å². The molecular weight excluding hydrogens is 465 g/mol. The van der Waals surface area contributed by atoms with E-state index in [4.69, 9.17) is 4.74 Å². The number of benzene rings is 3. The first-order valence-corrected chi connectivity index (χ1v) is 11.5. The van der Waals surface area contributed by atoms with Crippen LogP contribution in [0.3, 0.4) is 0 Å². The molecule has 6 rings (SSSR count). The lowest BCUT2D eigenvalue weighted by atomic mass is 9.76. The van der Waals surface area contributed by atoms with Crippen molar-refractivity contribution in [1.82, 2.24) is 5.32 Å². The van der Waals surface area contributed by atoms with Gasteiger partial charge in [-0.05, 0) is 66.6 Å². The van der Waals surface area contributed by atoms with Crippen LogP contribution in [0.5, 0.6) is 11.5 Å². The molecule has 8 nitrogen and oxygen atoms in total. The zero-order valence-corrected chi connectivity index (χ0v) is 19.2. The van der Waals surface area contributed by atoms with Gasteiger partial charge in [0.15, 0.2) is 0 Å². The number of amides is 3. The molecule has 1 spiro atoms. The summed E-state index contributed by atoms with van der Waals surface area (Å²) in [4.78, 5) is 42.4. The van der Waals surface area contributed by atoms with Gasteiger partial charge in [-0.2, -0.15) is 0 Å². The number of nitrogens with zero attached hydrogens (tertiary/aromatic N) is 1. The highest BCUT2D eigenvalue weighted by molar-refractivity contribution is 6.25. The van der Waals surface area contributed by atoms with Crippen LogP contribution in [0.2, 0.25) is 0 Å². The smallest absolute Gasteiger partial charge is 0.250 e. The number of anilines is 2. The number of phenols is 1. The lowest BCUT2D eigenvalue weighted by molar-refractivity contribution is -0.130. The van der Waals surface area contributed by atoms with E-state index >= 15 is 0 Å². The van der Waals surface area contributed by atoms with Crippen LogP contribution in [0.1, 0.15) is 11.1 Å². The van der Waals surface area contributed by atoms with E-state index in [0.29, 0.717) is 29.1 Å². The summed E-state index contributed by atoms with van der Waals surface area (Å²) in [5, 5.41) is 15.7. The van der Waals surface area contributed by atoms with E-state index in [9.17, 15) is 23.9 Å². The van der Waals surface area contributed by atoms with E-state index in [0.717, 1.165) is 10.5 Å². The first-order valence-electron chi connectivity index (χ1n) is 11.5. The molecule has 0 unspecified atom stereocenters. The number of rotatable bonds is 4. The summed E-state index contributed by atoms with van der Waals surface area (Å²) < 4.78 is 19.6. The molecule has 9 heteroatoms. The second kappa shape index (κ2) is 7.89. The van der Waals surface area contributed by atoms with Crippen molar-refractivity contribution >= 4 is 29.1 Å². The molecule has 0 bridgehead atoms. The number of fused-ring (bicyclic) bond motifs is 4. The molecule has 3 aromatic rings. The highest BCUT2D eigenvalue weighted by Crippen LogP contribution is 2.54. The maximum atomic E-state index is 14.4. The fraction of sp³-hybridized carbons (Fsp3) is 0.222. The van der Waals surface area contributed by atoms with Crippen molar-refractivity contribution in [2.24, 2.45) is 11.8 Å². The minimum absolute atomic E-state index is 0.102. The van der Waals surface area contributed by atoms with Crippen LogP contribution in [0, 0.1) is 17.7 Å². The van der Waals surface area contributed by atoms with E-state index in [-0.39, 0.29) is 5.75 Å². The Labute approximate surface area is 205 Å². The standard InChI is InChI=1S/C27H22FN3O5/c1-36-18-9-5-16(6-10-18)31-24(33)22-21(12-14-2-7-17(32)8-3-14)30-27(23(22)25(31)34)19-13-15(28)4-11-20(19)29-26(27)35/h2-11,13,21-23,30,32H,12H2,1H3,(H,29,35)/t21-,22-,23+,27-/m1/s1. The van der Waals surface area contributed by atoms with Crippen LogP contribution in [0.15, 0.2) is 66.7 Å². The normalized spacial score (nSPS) is 26.3. The summed E-state index contributed by atoms with van der Waals surface area (Å²) in [6.45, 7) is 0. The highest BCUT2D eigenvalue weighted by atomic mass is 19.1. The second-order valence-electron chi connectivity index (χ2n) is 9.29. The van der Waals surface area contributed by atoms with Gasteiger partial charge < -0.3 is 15.2 Å². The van der Waals surface area contributed by atoms with E-state index in [1.165, 1.54) is 37.4 Å². The minimum atomic E-state index is -1.60. The van der Waals surface area contributed by atoms with Crippen LogP contribution in [0.25, 0.3) is 0 Å². The summed E-state index contributed by atoms with van der Waals surface area (Å²) in [7, 11) is 1.52. The molecule has 2 fully saturated rings. The molecule has 0 aliphatic carbocycles. The van der Waals surface area contributed by atoms with Crippen molar-refractivity contribution in [3.63, 3.8) is 0 Å². The summed E-state index contributed by atoms with van der Waals surface area (Å²) in [5.74, 6) is -3.27. The number of ether oxygens (including phenoxy) is 1. The Hall–Kier alpha value is -4.24. The summed E-state index contributed by atoms with van der Waals surface area (Å²) in [6.07, 6.45) is 0.316. The number of imide groups is 1. The monoisotopic (exact) mass is 487 g/mol. The van der Waals surface area contributed by atoms with Crippen molar-refractivity contribution in [2.45, 2.75) is 18.0 Å². The minimum Gasteiger partial charge on any atom is -0.508 e. The molecule has 36 heavy (non-hydrogen) atoms. The largest absolute Gasteiger partial charge is 0.508 e. The zero-order valence-electron chi connectivity index (χ0n) is 19.2. The lowest BCUT2D eigenvalue weighted by Crippen LogP contribution is -2.53. The van der Waals surface area contributed by atoms with Crippen molar-refractivity contribution in [1.29, 1.82) is 0 Å². The first kappa shape index (κ1) is 22.2. The van der Waals surface area contributed by atoms with E-state index in [2.05, 4.69) is 10.6 Å². The Morgan fingerprint density at radius 1 is 1.00 bits per heavy atom. The number of carbonyl (C=O) groups excluding carboxylic acids is 3. The molecule has 3 aliphatic rings. The third-order valence-electron chi connectivity index (χ3n) is 7.40. The highest BCUT2D eigenvalue weighted by Gasteiger charge is 2.70. The van der Waals surface area contributed by atoms with Crippen LogP contribution in [0.4, 0.5) is 15.8 Å². The maximum Gasteiger partial charge on any atom is 0.250 e. The number of hydrogen-bond acceptors (Lipinski definition) is 6. The molecule has 3 heterocycles. The Balaban J connectivity index is 1.48. The summed E-state index contributed by atoms with van der Waals surface area (Å²) in [6, 6.07) is 16.4. The van der Waals surface area contributed by atoms with Gasteiger partial charge in [0.1, 0.15) is 22.9 Å². The number of halogens is 1. The number of hydrogen-bond donors (Lipinski definition) is 3. The first-order chi connectivity index (χ1) is 17.3. The molecule has 3 amide bonds. The van der Waals surface area contributed by atoms with E-state index < -0.39 is 47.0 Å². The van der Waals surface area contributed by atoms with Gasteiger partial charge in [-0.1, -0.05) is 12.1 Å². The predicted molar refractivity (Wildman–Crippen MR) is 128 cm³/mol. The van der Waals surface area contributed by atoms with E-state index in [1.54, 1.807) is 36.4 Å². The number of aromatic hydroxyl groups is 1. The summed E-state index contributed by atoms with van der Waals surface area (Å²) >= 11 is 0. The topological polar surface area (TPSA) is 108 Å². The van der Waals surface area contributed by atoms with Gasteiger partial charge in [0.25, 0.3) is 0 Å². The quantitative estimate of drug-likeness (QED) is 0.489. The number of methoxy groups -OCH3 is 1. The molecule has 4 atom stereocenters. The molecule has 0 saturated carbocycles. The number of phenolic OH excluding ortho intramolecular Hbond substituents is 1. The fourth-order valence-electron chi connectivity index (χ4n) is 5.82. The SMILES string of the molecule is COc1ccc(N2C(=O)[C@H]3[C@@H](C2=O)[C@@]2(N[C@@H]3Cc3ccc(O)cc3)C(=O)Nc3ccc(F)cc32)cc1. The van der Waals surface area contributed by atoms with Gasteiger partial charge in [-0.15, -0.1) is 0 Å². The van der Waals surface area contributed by atoms with Crippen LogP contribution in [-0.2, 0) is 26.3 Å². The van der Waals surface area contributed by atoms with Crippen molar-refractivity contribution in [3.05, 3.63) is 83.7 Å². The molecule has 3 aromatic carbocycles. The Bertz CT molecular complexity index is 1410. The van der Waals surface area contributed by atoms with E-state index in [1.807, 2.05) is 0 Å². The van der Waals surface area contributed by atoms with Gasteiger partial charge in [0, 0.05) is 17.3 Å². The lowest BCUT2D eigenvalue weighted by Gasteiger charge is -2.29. The van der Waals surface area contributed by atoms with Gasteiger partial charge in [0.05, 0.1) is 24.6 Å². The van der Waals surface area contributed by atoms with Gasteiger partial charge in [-0.25, -0.2) is 9.29 Å². The molecule has 3 N–H and O–H groups in total. The van der Waals surface area contributed by atoms with Crippen molar-refractivity contribution < 1.29 is 28.6 Å². The fourth-order valence-corrected chi connectivity index (χ4v) is 5.82. The third-order valence-corrected chi connectivity index (χ3v) is 7.40. The average Bonchev–Trinajstić information content (AvgIpc) is 3.45. The Morgan fingerprint density at radius 3 is 2.42 bits per heavy atom. The molecular formula is C27H22FN3O5. The molecule has 0 radical (unpaired) electrons. The number of carbonyl (C=O) groups is 3. The van der Waals surface area contributed by atoms with Crippen LogP contribution in [-0.4, -0.2) is 36.0 Å². The Kier molecular flexibility index (Phi) is 4.87. The Morgan fingerprint density at radius 2 is 1.72 bits per heavy atom. The summed E-state index contributed by atoms with van der Waals surface area (Å²) in [5.41, 5.74) is 0.297. The van der Waals surface area contributed by atoms with Crippen molar-refractivity contribution in [2.75, 3.05) is 17.3 Å². The average molecular weight is 487 g/mol. The van der Waals surface area contributed by atoms with Gasteiger partial charge in [0.2, 0.25) is 17.7 Å². The molecule has 182 valence electrons.